The number of rotatable bonds is 3. The molecule has 3 nitrogen and oxygen atoms in total. The van der Waals surface area contributed by atoms with Crippen molar-refractivity contribution in [2.24, 2.45) is 0 Å². The highest BCUT2D eigenvalue weighted by Gasteiger charge is 2.15. The van der Waals surface area contributed by atoms with Crippen LogP contribution in [0.3, 0.4) is 0 Å². The van der Waals surface area contributed by atoms with E-state index in [1.165, 1.54) is 0 Å². The van der Waals surface area contributed by atoms with Gasteiger partial charge in [-0.2, -0.15) is 0 Å². The van der Waals surface area contributed by atoms with Crippen molar-refractivity contribution in [1.82, 2.24) is 4.57 Å². The van der Waals surface area contributed by atoms with Crippen molar-refractivity contribution < 1.29 is 9.53 Å². The van der Waals surface area contributed by atoms with Crippen molar-refractivity contribution in [3.63, 3.8) is 0 Å². The lowest BCUT2D eigenvalue weighted by Crippen LogP contribution is -2.08. The Balaban J connectivity index is 1.77. The molecular formula is C21H14ClNO2. The third-order valence-electron chi connectivity index (χ3n) is 3.97. The molecule has 0 aliphatic rings. The van der Waals surface area contributed by atoms with Crippen LogP contribution < -0.4 is 4.74 Å². The third kappa shape index (κ3) is 3.02. The zero-order chi connectivity index (χ0) is 17.2. The van der Waals surface area contributed by atoms with Gasteiger partial charge in [0.2, 0.25) is 0 Å². The van der Waals surface area contributed by atoms with E-state index in [-0.39, 0.29) is 0 Å². The van der Waals surface area contributed by atoms with Crippen LogP contribution >= 0.6 is 11.6 Å². The minimum absolute atomic E-state index is 0.420. The molecule has 0 spiro atoms. The fourth-order valence-electron chi connectivity index (χ4n) is 2.81. The average molecular weight is 348 g/mol. The number of hydrogen-bond donors (Lipinski definition) is 0. The number of carbonyl (C=O) groups excluding carboxylic acids is 1. The van der Waals surface area contributed by atoms with Gasteiger partial charge < -0.3 is 9.30 Å². The highest BCUT2D eigenvalue weighted by atomic mass is 35.5. The number of halogens is 1. The molecule has 25 heavy (non-hydrogen) atoms. The molecule has 4 rings (SSSR count). The summed E-state index contributed by atoms with van der Waals surface area (Å²) in [5, 5.41) is 1.38. The van der Waals surface area contributed by atoms with E-state index in [0.717, 1.165) is 16.6 Å². The Kier molecular flexibility index (Phi) is 4.00. The maximum atomic E-state index is 12.5. The largest absolute Gasteiger partial charge is 0.421 e. The first kappa shape index (κ1) is 15.5. The normalized spacial score (nSPS) is 10.8. The van der Waals surface area contributed by atoms with E-state index >= 15 is 0 Å². The topological polar surface area (TPSA) is 31.2 Å². The SMILES string of the molecule is O=C(Oc1cn(-c2ccccc2)c2ccccc12)c1cccc(Cl)c1. The van der Waals surface area contributed by atoms with Crippen LogP contribution in [-0.4, -0.2) is 10.5 Å². The van der Waals surface area contributed by atoms with Gasteiger partial charge in [-0.05, 0) is 42.5 Å². The molecule has 0 radical (unpaired) electrons. The number of benzene rings is 3. The van der Waals surface area contributed by atoms with Crippen LogP contribution in [0, 0.1) is 0 Å². The van der Waals surface area contributed by atoms with E-state index in [1.807, 2.05) is 65.4 Å². The Labute approximate surface area is 150 Å². The van der Waals surface area contributed by atoms with Gasteiger partial charge >= 0.3 is 5.97 Å². The Morgan fingerprint density at radius 1 is 0.880 bits per heavy atom. The van der Waals surface area contributed by atoms with Crippen LogP contribution in [-0.2, 0) is 0 Å². The minimum Gasteiger partial charge on any atom is -0.421 e. The predicted octanol–water partition coefficient (Wildman–Crippen LogP) is 5.50. The predicted molar refractivity (Wildman–Crippen MR) is 99.7 cm³/mol. The van der Waals surface area contributed by atoms with Crippen molar-refractivity contribution in [3.8, 4) is 11.4 Å². The molecule has 0 unspecified atom stereocenters. The first-order valence-corrected chi connectivity index (χ1v) is 8.23. The third-order valence-corrected chi connectivity index (χ3v) is 4.21. The fourth-order valence-corrected chi connectivity index (χ4v) is 3.00. The molecule has 0 saturated heterocycles. The fraction of sp³-hybridized carbons (Fsp3) is 0. The van der Waals surface area contributed by atoms with Crippen molar-refractivity contribution in [2.45, 2.75) is 0 Å². The van der Waals surface area contributed by atoms with E-state index in [0.29, 0.717) is 16.3 Å². The molecule has 4 heteroatoms. The van der Waals surface area contributed by atoms with Gasteiger partial charge in [0, 0.05) is 16.1 Å². The smallest absolute Gasteiger partial charge is 0.343 e. The number of para-hydroxylation sites is 2. The molecule has 122 valence electrons. The summed E-state index contributed by atoms with van der Waals surface area (Å²) in [7, 11) is 0. The van der Waals surface area contributed by atoms with Crippen LogP contribution in [0.15, 0.2) is 85.1 Å². The van der Waals surface area contributed by atoms with Crippen molar-refractivity contribution in [2.75, 3.05) is 0 Å². The number of aromatic nitrogens is 1. The molecule has 4 aromatic rings. The molecule has 0 fully saturated rings. The quantitative estimate of drug-likeness (QED) is 0.458. The standard InChI is InChI=1S/C21H14ClNO2/c22-16-8-6-7-15(13-16)21(24)25-20-14-23(17-9-2-1-3-10-17)19-12-5-4-11-18(19)20/h1-14H. The van der Waals surface area contributed by atoms with Crippen molar-refractivity contribution in [3.05, 3.63) is 95.6 Å². The second-order valence-electron chi connectivity index (χ2n) is 5.62. The molecule has 1 aromatic heterocycles. The molecule has 0 saturated carbocycles. The first-order valence-electron chi connectivity index (χ1n) is 7.85. The van der Waals surface area contributed by atoms with Crippen molar-refractivity contribution in [1.29, 1.82) is 0 Å². The van der Waals surface area contributed by atoms with Crippen LogP contribution in [0.4, 0.5) is 0 Å². The van der Waals surface area contributed by atoms with Gasteiger partial charge in [-0.3, -0.25) is 0 Å². The molecule has 0 atom stereocenters. The molecule has 3 aromatic carbocycles. The Bertz CT molecular complexity index is 1050. The van der Waals surface area contributed by atoms with Crippen molar-refractivity contribution >= 4 is 28.5 Å². The second-order valence-corrected chi connectivity index (χ2v) is 6.05. The van der Waals surface area contributed by atoms with Crippen LogP contribution in [0.25, 0.3) is 16.6 Å². The number of hydrogen-bond acceptors (Lipinski definition) is 2. The summed E-state index contributed by atoms with van der Waals surface area (Å²) < 4.78 is 7.66. The summed E-state index contributed by atoms with van der Waals surface area (Å²) in [6, 6.07) is 24.5. The monoisotopic (exact) mass is 347 g/mol. The Morgan fingerprint density at radius 3 is 2.44 bits per heavy atom. The summed E-state index contributed by atoms with van der Waals surface area (Å²) in [5.74, 6) is 0.0860. The lowest BCUT2D eigenvalue weighted by Gasteiger charge is -2.04. The molecule has 0 amide bonds. The number of esters is 1. The van der Waals surface area contributed by atoms with Gasteiger partial charge in [-0.1, -0.05) is 48.0 Å². The first-order chi connectivity index (χ1) is 12.2. The molecule has 0 bridgehead atoms. The minimum atomic E-state index is -0.432. The summed E-state index contributed by atoms with van der Waals surface area (Å²) >= 11 is 5.96. The van der Waals surface area contributed by atoms with E-state index in [1.54, 1.807) is 24.3 Å². The molecule has 1 heterocycles. The molecular weight excluding hydrogens is 334 g/mol. The Morgan fingerprint density at radius 2 is 1.64 bits per heavy atom. The highest BCUT2D eigenvalue weighted by Crippen LogP contribution is 2.31. The highest BCUT2D eigenvalue weighted by molar-refractivity contribution is 6.30. The van der Waals surface area contributed by atoms with Crippen LogP contribution in [0.5, 0.6) is 5.75 Å². The molecule has 0 N–H and O–H groups in total. The maximum absolute atomic E-state index is 12.5. The Hall–Kier alpha value is -3.04. The van der Waals surface area contributed by atoms with Gasteiger partial charge in [0.1, 0.15) is 0 Å². The second kappa shape index (κ2) is 6.46. The summed E-state index contributed by atoms with van der Waals surface area (Å²) in [6.07, 6.45) is 1.84. The number of ether oxygens (including phenoxy) is 1. The number of nitrogens with zero attached hydrogens (tertiary/aromatic N) is 1. The van der Waals surface area contributed by atoms with E-state index in [2.05, 4.69) is 0 Å². The summed E-state index contributed by atoms with van der Waals surface area (Å²) in [6.45, 7) is 0. The zero-order valence-electron chi connectivity index (χ0n) is 13.2. The van der Waals surface area contributed by atoms with Gasteiger partial charge in [0.25, 0.3) is 0 Å². The van der Waals surface area contributed by atoms with Crippen LogP contribution in [0.2, 0.25) is 5.02 Å². The van der Waals surface area contributed by atoms with Crippen LogP contribution in [0.1, 0.15) is 10.4 Å². The number of fused-ring (bicyclic) bond motifs is 1. The van der Waals surface area contributed by atoms with E-state index in [4.69, 9.17) is 16.3 Å². The molecule has 0 aliphatic carbocycles. The number of carbonyl (C=O) groups is 1. The molecule has 0 aliphatic heterocycles. The van der Waals surface area contributed by atoms with Gasteiger partial charge in [-0.15, -0.1) is 0 Å². The average Bonchev–Trinajstić information content (AvgIpc) is 3.01. The van der Waals surface area contributed by atoms with E-state index in [9.17, 15) is 4.79 Å². The summed E-state index contributed by atoms with van der Waals surface area (Å²) in [5.41, 5.74) is 2.40. The maximum Gasteiger partial charge on any atom is 0.343 e. The van der Waals surface area contributed by atoms with Gasteiger partial charge in [0.05, 0.1) is 17.3 Å². The van der Waals surface area contributed by atoms with Gasteiger partial charge in [-0.25, -0.2) is 4.79 Å². The summed E-state index contributed by atoms with van der Waals surface area (Å²) in [4.78, 5) is 12.5. The van der Waals surface area contributed by atoms with E-state index < -0.39 is 5.97 Å². The lowest BCUT2D eigenvalue weighted by atomic mass is 10.2. The lowest BCUT2D eigenvalue weighted by molar-refractivity contribution is 0.0737. The van der Waals surface area contributed by atoms with Gasteiger partial charge in [0.15, 0.2) is 5.75 Å². The zero-order valence-corrected chi connectivity index (χ0v) is 14.0.